The molecule has 1 fully saturated rings. The van der Waals surface area contributed by atoms with E-state index in [4.69, 9.17) is 0 Å². The topological polar surface area (TPSA) is 46.1 Å². The van der Waals surface area contributed by atoms with Gasteiger partial charge < -0.3 is 0 Å². The van der Waals surface area contributed by atoms with Crippen molar-refractivity contribution in [1.29, 1.82) is 0 Å². The van der Waals surface area contributed by atoms with Gasteiger partial charge in [0.25, 0.3) is 0 Å². The molecule has 1 aliphatic heterocycles. The van der Waals surface area contributed by atoms with E-state index in [9.17, 15) is 4.79 Å². The summed E-state index contributed by atoms with van der Waals surface area (Å²) in [5.74, 6) is 1.19. The summed E-state index contributed by atoms with van der Waals surface area (Å²) in [7, 11) is 0. The fraction of sp³-hybridized carbons (Fsp3) is 0.308. The molecular formula is C13H11Br2N3O. The molecule has 0 bridgehead atoms. The van der Waals surface area contributed by atoms with Gasteiger partial charge in [0.2, 0.25) is 5.91 Å². The Morgan fingerprint density at radius 3 is 2.95 bits per heavy atom. The number of aromatic nitrogens is 2. The number of amides is 1. The molecule has 2 aromatic rings. The zero-order chi connectivity index (χ0) is 13.4. The predicted molar refractivity (Wildman–Crippen MR) is 81.5 cm³/mol. The maximum atomic E-state index is 12.1. The molecule has 1 aliphatic rings. The number of halogens is 2. The highest BCUT2D eigenvalue weighted by Gasteiger charge is 2.31. The number of benzene rings is 1. The van der Waals surface area contributed by atoms with Crippen LogP contribution in [0.25, 0.3) is 10.9 Å². The van der Waals surface area contributed by atoms with Crippen LogP contribution in [-0.2, 0) is 4.79 Å². The van der Waals surface area contributed by atoms with E-state index in [0.717, 1.165) is 20.7 Å². The molecule has 1 unspecified atom stereocenters. The third-order valence-corrected chi connectivity index (χ3v) is 4.66. The Labute approximate surface area is 127 Å². The molecule has 1 atom stereocenters. The normalized spacial score (nSPS) is 19.4. The number of fused-ring (bicyclic) bond motifs is 1. The van der Waals surface area contributed by atoms with Crippen molar-refractivity contribution in [2.75, 3.05) is 16.8 Å². The average Bonchev–Trinajstić information content (AvgIpc) is 2.79. The summed E-state index contributed by atoms with van der Waals surface area (Å²) in [6, 6.07) is 5.82. The van der Waals surface area contributed by atoms with Gasteiger partial charge in [-0.1, -0.05) is 31.9 Å². The molecule has 1 amide bonds. The Bertz CT molecular complexity index is 647. The lowest BCUT2D eigenvalue weighted by molar-refractivity contribution is -0.117. The standard InChI is InChI=1S/C13H11Br2N3O/c14-5-8-3-12(19)18(6-8)13-10-4-9(15)1-2-11(10)16-7-17-13/h1-2,4,7-8H,3,5-6H2. The number of carbonyl (C=O) groups is 1. The summed E-state index contributed by atoms with van der Waals surface area (Å²) in [6.07, 6.45) is 2.09. The minimum absolute atomic E-state index is 0.129. The van der Waals surface area contributed by atoms with E-state index in [-0.39, 0.29) is 5.91 Å². The molecule has 0 aliphatic carbocycles. The van der Waals surface area contributed by atoms with Gasteiger partial charge in [-0.2, -0.15) is 0 Å². The van der Waals surface area contributed by atoms with E-state index in [1.807, 2.05) is 18.2 Å². The first-order valence-electron chi connectivity index (χ1n) is 5.95. The van der Waals surface area contributed by atoms with Gasteiger partial charge >= 0.3 is 0 Å². The summed E-state index contributed by atoms with van der Waals surface area (Å²) in [6.45, 7) is 0.711. The number of carbonyl (C=O) groups excluding carboxylic acids is 1. The van der Waals surface area contributed by atoms with Crippen LogP contribution in [0.5, 0.6) is 0 Å². The highest BCUT2D eigenvalue weighted by atomic mass is 79.9. The lowest BCUT2D eigenvalue weighted by atomic mass is 10.2. The Morgan fingerprint density at radius 1 is 1.37 bits per heavy atom. The van der Waals surface area contributed by atoms with Crippen LogP contribution in [0.1, 0.15) is 6.42 Å². The third-order valence-electron chi connectivity index (χ3n) is 3.26. The number of hydrogen-bond donors (Lipinski definition) is 0. The molecule has 0 radical (unpaired) electrons. The van der Waals surface area contributed by atoms with Gasteiger partial charge in [-0.15, -0.1) is 0 Å². The van der Waals surface area contributed by atoms with Crippen LogP contribution in [0.15, 0.2) is 29.0 Å². The van der Waals surface area contributed by atoms with Crippen molar-refractivity contribution in [3.63, 3.8) is 0 Å². The lowest BCUT2D eigenvalue weighted by Crippen LogP contribution is -2.26. The molecule has 6 heteroatoms. The average molecular weight is 385 g/mol. The SMILES string of the molecule is O=C1CC(CBr)CN1c1ncnc2ccc(Br)cc12. The largest absolute Gasteiger partial charge is 0.296 e. The van der Waals surface area contributed by atoms with Crippen LogP contribution in [0.2, 0.25) is 0 Å². The van der Waals surface area contributed by atoms with Crippen LogP contribution in [0, 0.1) is 5.92 Å². The zero-order valence-electron chi connectivity index (χ0n) is 10.0. The van der Waals surface area contributed by atoms with Gasteiger partial charge in [0.1, 0.15) is 12.1 Å². The third kappa shape index (κ3) is 2.39. The first kappa shape index (κ1) is 13.0. The Hall–Kier alpha value is -1.01. The molecule has 0 spiro atoms. The molecule has 2 heterocycles. The van der Waals surface area contributed by atoms with Gasteiger partial charge in [-0.05, 0) is 24.1 Å². The number of rotatable bonds is 2. The summed E-state index contributed by atoms with van der Waals surface area (Å²) in [5.41, 5.74) is 0.850. The van der Waals surface area contributed by atoms with Gasteiger partial charge in [0.05, 0.1) is 5.52 Å². The number of hydrogen-bond acceptors (Lipinski definition) is 3. The van der Waals surface area contributed by atoms with Crippen LogP contribution in [0.4, 0.5) is 5.82 Å². The van der Waals surface area contributed by atoms with E-state index < -0.39 is 0 Å². The minimum Gasteiger partial charge on any atom is -0.296 e. The number of nitrogens with zero attached hydrogens (tertiary/aromatic N) is 3. The highest BCUT2D eigenvalue weighted by molar-refractivity contribution is 9.10. The van der Waals surface area contributed by atoms with E-state index in [0.29, 0.717) is 24.7 Å². The van der Waals surface area contributed by atoms with Gasteiger partial charge in [0, 0.05) is 28.2 Å². The fourth-order valence-electron chi connectivity index (χ4n) is 2.32. The first-order chi connectivity index (χ1) is 9.19. The maximum absolute atomic E-state index is 12.1. The van der Waals surface area contributed by atoms with Crippen molar-refractivity contribution in [3.05, 3.63) is 29.0 Å². The molecular weight excluding hydrogens is 374 g/mol. The van der Waals surface area contributed by atoms with Crippen molar-refractivity contribution < 1.29 is 4.79 Å². The second-order valence-corrected chi connectivity index (χ2v) is 6.15. The van der Waals surface area contributed by atoms with Crippen LogP contribution in [0.3, 0.4) is 0 Å². The highest BCUT2D eigenvalue weighted by Crippen LogP contribution is 2.30. The maximum Gasteiger partial charge on any atom is 0.228 e. The monoisotopic (exact) mass is 383 g/mol. The molecule has 98 valence electrons. The van der Waals surface area contributed by atoms with Crippen molar-refractivity contribution in [3.8, 4) is 0 Å². The summed E-state index contributed by atoms with van der Waals surface area (Å²) in [5, 5.41) is 1.74. The van der Waals surface area contributed by atoms with Gasteiger partial charge in [0.15, 0.2) is 0 Å². The smallest absolute Gasteiger partial charge is 0.228 e. The van der Waals surface area contributed by atoms with Gasteiger partial charge in [-0.25, -0.2) is 9.97 Å². The first-order valence-corrected chi connectivity index (χ1v) is 7.87. The van der Waals surface area contributed by atoms with E-state index >= 15 is 0 Å². The van der Waals surface area contributed by atoms with E-state index in [2.05, 4.69) is 41.8 Å². The minimum atomic E-state index is 0.129. The fourth-order valence-corrected chi connectivity index (χ4v) is 3.11. The van der Waals surface area contributed by atoms with Crippen molar-refractivity contribution in [2.45, 2.75) is 6.42 Å². The quantitative estimate of drug-likeness (QED) is 0.747. The predicted octanol–water partition coefficient (Wildman–Crippen LogP) is 3.14. The second kappa shape index (κ2) is 5.17. The van der Waals surface area contributed by atoms with Crippen molar-refractivity contribution >= 4 is 54.5 Å². The molecule has 0 saturated carbocycles. The molecule has 0 N–H and O–H groups in total. The number of alkyl halides is 1. The van der Waals surface area contributed by atoms with Crippen molar-refractivity contribution in [1.82, 2.24) is 9.97 Å². The van der Waals surface area contributed by atoms with Crippen LogP contribution in [-0.4, -0.2) is 27.7 Å². The Morgan fingerprint density at radius 2 is 2.21 bits per heavy atom. The summed E-state index contributed by atoms with van der Waals surface area (Å²) in [4.78, 5) is 22.4. The molecule has 4 nitrogen and oxygen atoms in total. The van der Waals surface area contributed by atoms with E-state index in [1.165, 1.54) is 6.33 Å². The second-order valence-electron chi connectivity index (χ2n) is 4.59. The zero-order valence-corrected chi connectivity index (χ0v) is 13.2. The summed E-state index contributed by atoms with van der Waals surface area (Å²) >= 11 is 6.90. The Kier molecular flexibility index (Phi) is 3.54. The molecule has 3 rings (SSSR count). The lowest BCUT2D eigenvalue weighted by Gasteiger charge is -2.17. The molecule has 1 aromatic carbocycles. The van der Waals surface area contributed by atoms with E-state index in [1.54, 1.807) is 4.90 Å². The Balaban J connectivity index is 2.10. The van der Waals surface area contributed by atoms with Gasteiger partial charge in [-0.3, -0.25) is 9.69 Å². The molecule has 1 aromatic heterocycles. The number of anilines is 1. The summed E-state index contributed by atoms with van der Waals surface area (Å²) < 4.78 is 0.958. The van der Waals surface area contributed by atoms with Crippen LogP contribution >= 0.6 is 31.9 Å². The van der Waals surface area contributed by atoms with Crippen LogP contribution < -0.4 is 4.90 Å². The van der Waals surface area contributed by atoms with Crippen molar-refractivity contribution in [2.24, 2.45) is 5.92 Å². The molecule has 19 heavy (non-hydrogen) atoms. The molecule has 1 saturated heterocycles.